The van der Waals surface area contributed by atoms with Crippen molar-refractivity contribution in [3.63, 3.8) is 0 Å². The molecule has 0 bridgehead atoms. The SMILES string of the molecule is CC(C)CC(C)NCC1(O)CCOC1C. The summed E-state index contributed by atoms with van der Waals surface area (Å²) in [6.07, 6.45) is 1.84. The molecule has 15 heavy (non-hydrogen) atoms. The number of hydrogen-bond acceptors (Lipinski definition) is 3. The van der Waals surface area contributed by atoms with Gasteiger partial charge in [0.15, 0.2) is 0 Å². The van der Waals surface area contributed by atoms with E-state index in [4.69, 9.17) is 4.74 Å². The van der Waals surface area contributed by atoms with Gasteiger partial charge in [0.1, 0.15) is 5.60 Å². The summed E-state index contributed by atoms with van der Waals surface area (Å²) in [6.45, 7) is 9.87. The normalized spacial score (nSPS) is 33.6. The Labute approximate surface area is 93.2 Å². The second kappa shape index (κ2) is 5.28. The maximum Gasteiger partial charge on any atom is 0.105 e. The first-order valence-electron chi connectivity index (χ1n) is 6.01. The molecule has 0 spiro atoms. The fourth-order valence-electron chi connectivity index (χ4n) is 2.14. The number of rotatable bonds is 5. The van der Waals surface area contributed by atoms with Crippen LogP contribution in [0.3, 0.4) is 0 Å². The van der Waals surface area contributed by atoms with Crippen molar-refractivity contribution in [2.45, 2.75) is 58.3 Å². The molecule has 0 radical (unpaired) electrons. The summed E-state index contributed by atoms with van der Waals surface area (Å²) >= 11 is 0. The quantitative estimate of drug-likeness (QED) is 0.731. The molecule has 3 unspecified atom stereocenters. The molecule has 1 aliphatic heterocycles. The summed E-state index contributed by atoms with van der Waals surface area (Å²) in [4.78, 5) is 0. The van der Waals surface area contributed by atoms with E-state index < -0.39 is 5.60 Å². The Kier molecular flexibility index (Phi) is 4.56. The van der Waals surface area contributed by atoms with E-state index in [-0.39, 0.29) is 6.10 Å². The van der Waals surface area contributed by atoms with Crippen LogP contribution in [0.2, 0.25) is 0 Å². The van der Waals surface area contributed by atoms with Gasteiger partial charge >= 0.3 is 0 Å². The molecule has 2 N–H and O–H groups in total. The average molecular weight is 215 g/mol. The van der Waals surface area contributed by atoms with Crippen molar-refractivity contribution in [1.29, 1.82) is 0 Å². The number of aliphatic hydroxyl groups is 1. The molecule has 3 nitrogen and oxygen atoms in total. The Morgan fingerprint density at radius 1 is 1.47 bits per heavy atom. The first-order chi connectivity index (χ1) is 6.94. The van der Waals surface area contributed by atoms with Crippen LogP contribution >= 0.6 is 0 Å². The molecule has 1 fully saturated rings. The lowest BCUT2D eigenvalue weighted by atomic mass is 9.95. The zero-order valence-corrected chi connectivity index (χ0v) is 10.4. The van der Waals surface area contributed by atoms with E-state index in [9.17, 15) is 5.11 Å². The molecule has 1 heterocycles. The van der Waals surface area contributed by atoms with Crippen LogP contribution in [0.4, 0.5) is 0 Å². The Morgan fingerprint density at radius 2 is 2.13 bits per heavy atom. The summed E-state index contributed by atoms with van der Waals surface area (Å²) in [7, 11) is 0. The zero-order valence-electron chi connectivity index (χ0n) is 10.4. The predicted octanol–water partition coefficient (Wildman–Crippen LogP) is 1.55. The lowest BCUT2D eigenvalue weighted by molar-refractivity contribution is -0.0276. The molecule has 1 saturated heterocycles. The van der Waals surface area contributed by atoms with Crippen molar-refractivity contribution in [2.24, 2.45) is 5.92 Å². The highest BCUT2D eigenvalue weighted by Crippen LogP contribution is 2.25. The van der Waals surface area contributed by atoms with Crippen LogP contribution in [0.5, 0.6) is 0 Å². The van der Waals surface area contributed by atoms with Gasteiger partial charge in [-0.05, 0) is 26.2 Å². The van der Waals surface area contributed by atoms with E-state index in [1.165, 1.54) is 0 Å². The van der Waals surface area contributed by atoms with E-state index in [0.29, 0.717) is 25.1 Å². The van der Waals surface area contributed by atoms with Gasteiger partial charge in [-0.3, -0.25) is 0 Å². The van der Waals surface area contributed by atoms with Crippen LogP contribution < -0.4 is 5.32 Å². The first-order valence-corrected chi connectivity index (χ1v) is 6.01. The van der Waals surface area contributed by atoms with Crippen LogP contribution in [-0.2, 0) is 4.74 Å². The Morgan fingerprint density at radius 3 is 2.60 bits per heavy atom. The third kappa shape index (κ3) is 3.74. The number of ether oxygens (including phenoxy) is 1. The van der Waals surface area contributed by atoms with Crippen molar-refractivity contribution < 1.29 is 9.84 Å². The van der Waals surface area contributed by atoms with Gasteiger partial charge in [0.2, 0.25) is 0 Å². The number of hydrogen-bond donors (Lipinski definition) is 2. The van der Waals surface area contributed by atoms with Crippen LogP contribution in [0.1, 0.15) is 40.5 Å². The van der Waals surface area contributed by atoms with Crippen LogP contribution in [0.15, 0.2) is 0 Å². The molecule has 90 valence electrons. The van der Waals surface area contributed by atoms with E-state index >= 15 is 0 Å². The Bertz CT molecular complexity index is 196. The van der Waals surface area contributed by atoms with E-state index in [0.717, 1.165) is 12.8 Å². The average Bonchev–Trinajstić information content (AvgIpc) is 2.44. The Balaban J connectivity index is 2.29. The molecule has 0 aliphatic carbocycles. The molecule has 0 saturated carbocycles. The highest BCUT2D eigenvalue weighted by Gasteiger charge is 2.39. The molecule has 0 aromatic heterocycles. The molecule has 3 heteroatoms. The summed E-state index contributed by atoms with van der Waals surface area (Å²) in [5.41, 5.74) is -0.661. The summed E-state index contributed by atoms with van der Waals surface area (Å²) in [5, 5.41) is 13.7. The fourth-order valence-corrected chi connectivity index (χ4v) is 2.14. The molecule has 3 atom stereocenters. The van der Waals surface area contributed by atoms with Crippen molar-refractivity contribution in [1.82, 2.24) is 5.32 Å². The predicted molar refractivity (Wildman–Crippen MR) is 61.9 cm³/mol. The molecular formula is C12H25NO2. The summed E-state index contributed by atoms with van der Waals surface area (Å²) in [5.74, 6) is 0.694. The maximum atomic E-state index is 10.3. The first kappa shape index (κ1) is 12.9. The molecular weight excluding hydrogens is 190 g/mol. The van der Waals surface area contributed by atoms with Gasteiger partial charge < -0.3 is 15.2 Å². The minimum absolute atomic E-state index is 0.0451. The lowest BCUT2D eigenvalue weighted by Crippen LogP contribution is -2.48. The van der Waals surface area contributed by atoms with Crippen LogP contribution in [0, 0.1) is 5.92 Å². The fraction of sp³-hybridized carbons (Fsp3) is 1.00. The smallest absolute Gasteiger partial charge is 0.105 e. The Hall–Kier alpha value is -0.120. The minimum Gasteiger partial charge on any atom is -0.386 e. The molecule has 0 aromatic rings. The van der Waals surface area contributed by atoms with Crippen molar-refractivity contribution >= 4 is 0 Å². The largest absolute Gasteiger partial charge is 0.386 e. The zero-order chi connectivity index (χ0) is 11.5. The molecule has 0 aromatic carbocycles. The number of nitrogens with one attached hydrogen (secondary N) is 1. The summed E-state index contributed by atoms with van der Waals surface area (Å²) < 4.78 is 5.39. The molecule has 0 amide bonds. The van der Waals surface area contributed by atoms with Crippen LogP contribution in [-0.4, -0.2) is 36.0 Å². The third-order valence-electron chi connectivity index (χ3n) is 3.24. The lowest BCUT2D eigenvalue weighted by Gasteiger charge is -2.28. The van der Waals surface area contributed by atoms with Gasteiger partial charge in [-0.15, -0.1) is 0 Å². The van der Waals surface area contributed by atoms with Gasteiger partial charge in [-0.25, -0.2) is 0 Å². The molecule has 1 aliphatic rings. The van der Waals surface area contributed by atoms with Gasteiger partial charge in [-0.1, -0.05) is 13.8 Å². The van der Waals surface area contributed by atoms with Crippen molar-refractivity contribution in [3.8, 4) is 0 Å². The van der Waals surface area contributed by atoms with E-state index in [1.807, 2.05) is 6.92 Å². The summed E-state index contributed by atoms with van der Waals surface area (Å²) in [6, 6.07) is 0.460. The van der Waals surface area contributed by atoms with Gasteiger partial charge in [0.25, 0.3) is 0 Å². The second-order valence-electron chi connectivity index (χ2n) is 5.28. The highest BCUT2D eigenvalue weighted by atomic mass is 16.5. The minimum atomic E-state index is -0.661. The third-order valence-corrected chi connectivity index (χ3v) is 3.24. The van der Waals surface area contributed by atoms with Gasteiger partial charge in [-0.2, -0.15) is 0 Å². The van der Waals surface area contributed by atoms with E-state index in [1.54, 1.807) is 0 Å². The van der Waals surface area contributed by atoms with E-state index in [2.05, 4.69) is 26.1 Å². The standard InChI is InChI=1S/C12H25NO2/c1-9(2)7-10(3)13-8-12(14)5-6-15-11(12)4/h9-11,13-14H,5-8H2,1-4H3. The maximum absolute atomic E-state index is 10.3. The van der Waals surface area contributed by atoms with Gasteiger partial charge in [0.05, 0.1) is 6.10 Å². The van der Waals surface area contributed by atoms with Gasteiger partial charge in [0, 0.05) is 25.6 Å². The topological polar surface area (TPSA) is 41.5 Å². The van der Waals surface area contributed by atoms with Crippen LogP contribution in [0.25, 0.3) is 0 Å². The van der Waals surface area contributed by atoms with Crippen molar-refractivity contribution in [3.05, 3.63) is 0 Å². The monoisotopic (exact) mass is 215 g/mol. The van der Waals surface area contributed by atoms with Crippen molar-refractivity contribution in [2.75, 3.05) is 13.2 Å². The second-order valence-corrected chi connectivity index (χ2v) is 5.28. The molecule has 1 rings (SSSR count). The highest BCUT2D eigenvalue weighted by molar-refractivity contribution is 4.92.